The predicted molar refractivity (Wildman–Crippen MR) is 123 cm³/mol. The molecule has 1 amide bonds. The molecule has 0 aliphatic carbocycles. The standard InChI is InChI=1S/C25H25FN4O/c1-15-16(2)27-17(3)21(26)23(15)30(5)24-25(31)29(4)20-14-10-9-13-19(20)22(28-24)18-11-7-6-8-12-18/h6-14,24H,1-5H3. The minimum atomic E-state index is -0.929. The van der Waals surface area contributed by atoms with E-state index in [0.717, 1.165) is 22.5 Å². The molecule has 31 heavy (non-hydrogen) atoms. The molecule has 1 aromatic heterocycles. The van der Waals surface area contributed by atoms with Crippen LogP contribution in [0.15, 0.2) is 59.6 Å². The van der Waals surface area contributed by atoms with Crippen LogP contribution < -0.4 is 9.80 Å². The van der Waals surface area contributed by atoms with Crippen LogP contribution in [0.1, 0.15) is 28.1 Å². The molecule has 0 N–H and O–H groups in total. The summed E-state index contributed by atoms with van der Waals surface area (Å²) in [4.78, 5) is 25.9. The van der Waals surface area contributed by atoms with Gasteiger partial charge in [0.25, 0.3) is 5.91 Å². The lowest BCUT2D eigenvalue weighted by atomic mass is 10.0. The maximum absolute atomic E-state index is 15.2. The van der Waals surface area contributed by atoms with Crippen molar-refractivity contribution in [2.45, 2.75) is 26.9 Å². The number of halogens is 1. The number of aliphatic imine (C=N–C) groups is 1. The third-order valence-corrected chi connectivity index (χ3v) is 5.85. The van der Waals surface area contributed by atoms with Crippen molar-refractivity contribution < 1.29 is 9.18 Å². The van der Waals surface area contributed by atoms with Crippen LogP contribution in [0, 0.1) is 26.6 Å². The van der Waals surface area contributed by atoms with Gasteiger partial charge in [-0.05, 0) is 32.4 Å². The molecular weight excluding hydrogens is 391 g/mol. The summed E-state index contributed by atoms with van der Waals surface area (Å²) < 4.78 is 15.2. The molecule has 0 saturated heterocycles. The molecule has 1 unspecified atom stereocenters. The Morgan fingerprint density at radius 3 is 2.32 bits per heavy atom. The third-order valence-electron chi connectivity index (χ3n) is 5.85. The Hall–Kier alpha value is -3.54. The first-order chi connectivity index (χ1) is 14.8. The molecule has 1 aliphatic heterocycles. The number of likely N-dealkylation sites (N-methyl/N-ethyl adjacent to an activating group) is 2. The summed E-state index contributed by atoms with van der Waals surface area (Å²) in [7, 11) is 3.44. The van der Waals surface area contributed by atoms with Gasteiger partial charge in [-0.1, -0.05) is 48.5 Å². The molecule has 2 heterocycles. The average Bonchev–Trinajstić information content (AvgIpc) is 2.88. The topological polar surface area (TPSA) is 48.8 Å². The third kappa shape index (κ3) is 3.48. The number of hydrogen-bond donors (Lipinski definition) is 0. The number of aryl methyl sites for hydroxylation is 2. The van der Waals surface area contributed by atoms with E-state index < -0.39 is 12.0 Å². The molecular formula is C25H25FN4O. The zero-order chi connectivity index (χ0) is 22.3. The van der Waals surface area contributed by atoms with Crippen molar-refractivity contribution in [1.82, 2.24) is 4.98 Å². The Bertz CT molecular complexity index is 1160. The molecule has 0 spiro atoms. The Kier molecular flexibility index (Phi) is 5.31. The van der Waals surface area contributed by atoms with Gasteiger partial charge in [-0.25, -0.2) is 9.38 Å². The van der Waals surface area contributed by atoms with Gasteiger partial charge in [-0.3, -0.25) is 9.78 Å². The fraction of sp³-hybridized carbons (Fsp3) is 0.240. The first-order valence-corrected chi connectivity index (χ1v) is 10.2. The van der Waals surface area contributed by atoms with Gasteiger partial charge in [0.1, 0.15) is 0 Å². The van der Waals surface area contributed by atoms with E-state index in [1.165, 1.54) is 0 Å². The van der Waals surface area contributed by atoms with Crippen molar-refractivity contribution in [2.24, 2.45) is 4.99 Å². The highest BCUT2D eigenvalue weighted by molar-refractivity contribution is 6.20. The second kappa shape index (κ2) is 7.95. The van der Waals surface area contributed by atoms with E-state index in [2.05, 4.69) is 4.98 Å². The fourth-order valence-corrected chi connectivity index (χ4v) is 4.02. The van der Waals surface area contributed by atoms with E-state index in [4.69, 9.17) is 4.99 Å². The maximum atomic E-state index is 15.2. The van der Waals surface area contributed by atoms with Crippen LogP contribution in [0.4, 0.5) is 15.8 Å². The van der Waals surface area contributed by atoms with Gasteiger partial charge < -0.3 is 9.80 Å². The molecule has 158 valence electrons. The summed E-state index contributed by atoms with van der Waals surface area (Å²) >= 11 is 0. The van der Waals surface area contributed by atoms with Crippen LogP contribution in [0.3, 0.4) is 0 Å². The lowest BCUT2D eigenvalue weighted by Gasteiger charge is -2.30. The lowest BCUT2D eigenvalue weighted by molar-refractivity contribution is -0.119. The van der Waals surface area contributed by atoms with E-state index in [0.29, 0.717) is 22.7 Å². The SMILES string of the molecule is Cc1nc(C)c(F)c(N(C)C2N=C(c3ccccc3)c3ccccc3N(C)C2=O)c1C. The van der Waals surface area contributed by atoms with E-state index in [1.807, 2.05) is 68.4 Å². The van der Waals surface area contributed by atoms with Crippen LogP contribution >= 0.6 is 0 Å². The first-order valence-electron chi connectivity index (χ1n) is 10.2. The van der Waals surface area contributed by atoms with Crippen molar-refractivity contribution in [3.8, 4) is 0 Å². The van der Waals surface area contributed by atoms with Crippen LogP contribution in [-0.4, -0.2) is 36.9 Å². The average molecular weight is 417 g/mol. The number of amides is 1. The van der Waals surface area contributed by atoms with Gasteiger partial charge in [-0.15, -0.1) is 0 Å². The summed E-state index contributed by atoms with van der Waals surface area (Å²) in [6, 6.07) is 17.4. The fourth-order valence-electron chi connectivity index (χ4n) is 4.02. The van der Waals surface area contributed by atoms with Crippen molar-refractivity contribution >= 4 is 23.0 Å². The number of carbonyl (C=O) groups is 1. The van der Waals surface area contributed by atoms with E-state index in [1.54, 1.807) is 30.8 Å². The molecule has 4 rings (SSSR count). The molecule has 5 nitrogen and oxygen atoms in total. The van der Waals surface area contributed by atoms with Crippen LogP contribution in [0.25, 0.3) is 0 Å². The minimum absolute atomic E-state index is 0.230. The number of carbonyl (C=O) groups excluding carboxylic acids is 1. The highest BCUT2D eigenvalue weighted by Gasteiger charge is 2.34. The Morgan fingerprint density at radius 1 is 0.968 bits per heavy atom. The number of para-hydroxylation sites is 1. The first kappa shape index (κ1) is 20.7. The summed E-state index contributed by atoms with van der Waals surface area (Å²) in [5.41, 5.74) is 5.30. The summed E-state index contributed by atoms with van der Waals surface area (Å²) in [6.45, 7) is 5.29. The Balaban J connectivity index is 1.94. The number of nitrogens with zero attached hydrogens (tertiary/aromatic N) is 4. The summed E-state index contributed by atoms with van der Waals surface area (Å²) in [5, 5.41) is 0. The smallest absolute Gasteiger partial charge is 0.272 e. The summed E-state index contributed by atoms with van der Waals surface area (Å²) in [6.07, 6.45) is -0.929. The second-order valence-electron chi connectivity index (χ2n) is 7.81. The van der Waals surface area contributed by atoms with E-state index >= 15 is 4.39 Å². The number of fused-ring (bicyclic) bond motifs is 1. The highest BCUT2D eigenvalue weighted by Crippen LogP contribution is 2.32. The molecule has 2 aromatic carbocycles. The van der Waals surface area contributed by atoms with Gasteiger partial charge in [0.15, 0.2) is 5.82 Å². The van der Waals surface area contributed by atoms with Crippen molar-refractivity contribution in [1.29, 1.82) is 0 Å². The van der Waals surface area contributed by atoms with Gasteiger partial charge in [0.05, 0.1) is 22.8 Å². The van der Waals surface area contributed by atoms with Crippen molar-refractivity contribution in [2.75, 3.05) is 23.9 Å². The maximum Gasteiger partial charge on any atom is 0.272 e. The van der Waals surface area contributed by atoms with Crippen LogP contribution in [0.2, 0.25) is 0 Å². The quantitative estimate of drug-likeness (QED) is 0.635. The number of hydrogen-bond acceptors (Lipinski definition) is 4. The predicted octanol–water partition coefficient (Wildman–Crippen LogP) is 4.42. The molecule has 3 aromatic rings. The van der Waals surface area contributed by atoms with Gasteiger partial charge in [-0.2, -0.15) is 0 Å². The molecule has 0 radical (unpaired) electrons. The van der Waals surface area contributed by atoms with E-state index in [9.17, 15) is 4.79 Å². The molecule has 6 heteroatoms. The Labute approximate surface area is 181 Å². The van der Waals surface area contributed by atoms with Gasteiger partial charge in [0.2, 0.25) is 6.17 Å². The number of anilines is 2. The second-order valence-corrected chi connectivity index (χ2v) is 7.81. The largest absolute Gasteiger partial charge is 0.342 e. The molecule has 0 fully saturated rings. The van der Waals surface area contributed by atoms with Gasteiger partial charge in [0, 0.05) is 30.9 Å². The minimum Gasteiger partial charge on any atom is -0.342 e. The van der Waals surface area contributed by atoms with Gasteiger partial charge >= 0.3 is 0 Å². The van der Waals surface area contributed by atoms with Crippen LogP contribution in [-0.2, 0) is 4.79 Å². The highest BCUT2D eigenvalue weighted by atomic mass is 19.1. The molecule has 1 aliphatic rings. The number of benzodiazepines with no additional fused rings is 1. The Morgan fingerprint density at radius 2 is 1.61 bits per heavy atom. The number of pyridine rings is 1. The molecule has 0 bridgehead atoms. The number of benzene rings is 2. The van der Waals surface area contributed by atoms with Crippen molar-refractivity contribution in [3.05, 3.63) is 88.5 Å². The van der Waals surface area contributed by atoms with Crippen LogP contribution in [0.5, 0.6) is 0 Å². The number of rotatable bonds is 3. The molecule has 0 saturated carbocycles. The zero-order valence-electron chi connectivity index (χ0n) is 18.3. The number of aromatic nitrogens is 1. The zero-order valence-corrected chi connectivity index (χ0v) is 18.3. The lowest BCUT2D eigenvalue weighted by Crippen LogP contribution is -2.45. The molecule has 1 atom stereocenters. The monoisotopic (exact) mass is 416 g/mol. The normalized spacial score (nSPS) is 15.9. The van der Waals surface area contributed by atoms with Crippen molar-refractivity contribution in [3.63, 3.8) is 0 Å². The van der Waals surface area contributed by atoms with E-state index in [-0.39, 0.29) is 5.91 Å². The summed E-state index contributed by atoms with van der Waals surface area (Å²) in [5.74, 6) is -0.661.